The summed E-state index contributed by atoms with van der Waals surface area (Å²) in [4.78, 5) is 17.3. The molecule has 1 unspecified atom stereocenters. The Morgan fingerprint density at radius 2 is 1.73 bits per heavy atom. The number of rotatable bonds is 15. The second kappa shape index (κ2) is 14.6. The van der Waals surface area contributed by atoms with Gasteiger partial charge in [0.25, 0.3) is 0 Å². The van der Waals surface area contributed by atoms with Crippen LogP contribution in [0.4, 0.5) is 0 Å². The molecule has 1 aromatic heterocycles. The second-order valence-electron chi connectivity index (χ2n) is 8.71. The molecule has 0 aliphatic rings. The van der Waals surface area contributed by atoms with E-state index in [2.05, 4.69) is 4.98 Å². The first kappa shape index (κ1) is 31.6. The maximum Gasteiger partial charge on any atom is 0.392 e. The predicted molar refractivity (Wildman–Crippen MR) is 154 cm³/mol. The number of nitrogens with zero attached hydrogens (tertiary/aromatic N) is 1. The van der Waals surface area contributed by atoms with Crippen LogP contribution in [0.15, 0.2) is 36.4 Å². The van der Waals surface area contributed by atoms with E-state index in [1.54, 1.807) is 54.0 Å². The van der Waals surface area contributed by atoms with Gasteiger partial charge in [0, 0.05) is 12.0 Å². The number of aromatic hydroxyl groups is 1. The monoisotopic (exact) mass is 593 g/mol. The highest BCUT2D eigenvalue weighted by Gasteiger charge is 2.42. The Kier molecular flexibility index (Phi) is 11.5. The number of carbonyl (C=O) groups excluding carboxylic acids is 1. The van der Waals surface area contributed by atoms with Crippen molar-refractivity contribution in [2.45, 2.75) is 39.9 Å². The summed E-state index contributed by atoms with van der Waals surface area (Å²) in [6.45, 7) is 8.11. The van der Waals surface area contributed by atoms with E-state index in [1.807, 2.05) is 23.5 Å². The van der Waals surface area contributed by atoms with E-state index in [9.17, 15) is 14.5 Å². The van der Waals surface area contributed by atoms with Gasteiger partial charge in [0.15, 0.2) is 11.5 Å². The molecule has 10 nitrogen and oxygen atoms in total. The normalized spacial score (nSPS) is 12.2. The molecular weight excluding hydrogens is 555 g/mol. The van der Waals surface area contributed by atoms with Crippen LogP contribution in [0.3, 0.4) is 0 Å². The molecule has 3 N–H and O–H groups in total. The maximum atomic E-state index is 14.1. The maximum absolute atomic E-state index is 14.1. The van der Waals surface area contributed by atoms with Gasteiger partial charge >= 0.3 is 13.6 Å². The number of nitrogens with two attached hydrogens (primary N) is 1. The third kappa shape index (κ3) is 7.41. The van der Waals surface area contributed by atoms with Gasteiger partial charge in [-0.3, -0.25) is 4.57 Å². The Balaban J connectivity index is 1.97. The molecule has 1 atom stereocenters. The average Bonchev–Trinajstić information content (AvgIpc) is 3.33. The van der Waals surface area contributed by atoms with Gasteiger partial charge in [-0.05, 0) is 63.6 Å². The first-order valence-corrected chi connectivity index (χ1v) is 15.5. The zero-order valence-corrected chi connectivity index (χ0v) is 25.5. The van der Waals surface area contributed by atoms with E-state index in [-0.39, 0.29) is 25.6 Å². The third-order valence-electron chi connectivity index (χ3n) is 6.08. The van der Waals surface area contributed by atoms with Crippen molar-refractivity contribution in [3.8, 4) is 27.8 Å². The topological polar surface area (TPSA) is 130 Å². The van der Waals surface area contributed by atoms with Crippen LogP contribution in [0.2, 0.25) is 0 Å². The Morgan fingerprint density at radius 3 is 2.35 bits per heavy atom. The fourth-order valence-corrected chi connectivity index (χ4v) is 7.29. The number of thiazole rings is 1. The molecule has 12 heteroatoms. The average molecular weight is 594 g/mol. The van der Waals surface area contributed by atoms with Gasteiger partial charge in [0.2, 0.25) is 5.78 Å². The molecule has 3 rings (SSSR count). The number of methoxy groups -OCH3 is 2. The number of esters is 1. The molecule has 3 aromatic rings. The van der Waals surface area contributed by atoms with Crippen LogP contribution in [0.25, 0.3) is 10.6 Å². The van der Waals surface area contributed by atoms with Gasteiger partial charge in [0.05, 0.1) is 51.8 Å². The zero-order valence-electron chi connectivity index (χ0n) is 23.8. The fraction of sp³-hybridized carbons (Fsp3) is 0.429. The number of aromatic nitrogens is 1. The first-order chi connectivity index (χ1) is 19.2. The summed E-state index contributed by atoms with van der Waals surface area (Å²) in [7, 11) is -0.553. The zero-order chi connectivity index (χ0) is 29.3. The summed E-state index contributed by atoms with van der Waals surface area (Å²) in [6.07, 6.45) is 0.615. The van der Waals surface area contributed by atoms with Gasteiger partial charge in [-0.1, -0.05) is 6.07 Å². The second-order valence-corrected chi connectivity index (χ2v) is 11.9. The first-order valence-electron chi connectivity index (χ1n) is 13.1. The van der Waals surface area contributed by atoms with Crippen molar-refractivity contribution in [2.24, 2.45) is 0 Å². The smallest absolute Gasteiger partial charge is 0.392 e. The number of phenols is 1. The summed E-state index contributed by atoms with van der Waals surface area (Å²) in [6, 6.07) is 10.6. The van der Waals surface area contributed by atoms with Crippen LogP contribution >= 0.6 is 18.9 Å². The minimum Gasteiger partial charge on any atom is -0.507 e. The molecule has 0 fully saturated rings. The van der Waals surface area contributed by atoms with Crippen LogP contribution in [0.1, 0.15) is 53.0 Å². The number of hydrogen-bond donors (Lipinski definition) is 2. The summed E-state index contributed by atoms with van der Waals surface area (Å²) in [5.41, 5.74) is 2.60. The van der Waals surface area contributed by atoms with Crippen LogP contribution in [0, 0.1) is 6.92 Å². The highest BCUT2D eigenvalue weighted by molar-refractivity contribution is 7.54. The molecule has 40 heavy (non-hydrogen) atoms. The van der Waals surface area contributed by atoms with Crippen molar-refractivity contribution in [3.63, 3.8) is 0 Å². The summed E-state index contributed by atoms with van der Waals surface area (Å²) < 4.78 is 41.4. The predicted octanol–water partition coefficient (Wildman–Crippen LogP) is 5.09. The molecule has 0 amide bonds. The van der Waals surface area contributed by atoms with Crippen molar-refractivity contribution < 1.29 is 43.0 Å². The van der Waals surface area contributed by atoms with E-state index in [0.29, 0.717) is 51.2 Å². The molecule has 0 saturated carbocycles. The Hall–Kier alpha value is -2.95. The summed E-state index contributed by atoms with van der Waals surface area (Å²) >= 11 is 1.21. The van der Waals surface area contributed by atoms with Gasteiger partial charge in [0.1, 0.15) is 15.6 Å². The number of hydrogen-bond acceptors (Lipinski definition) is 10. The largest absolute Gasteiger partial charge is 0.507 e. The van der Waals surface area contributed by atoms with Crippen LogP contribution in [0.5, 0.6) is 17.2 Å². The number of phenolic OH excluding ortho intramolecular Hbond substituents is 1. The van der Waals surface area contributed by atoms with Crippen LogP contribution in [-0.2, 0) is 24.8 Å². The molecule has 0 aliphatic heterocycles. The Bertz CT molecular complexity index is 1340. The quantitative estimate of drug-likeness (QED) is 0.183. The van der Waals surface area contributed by atoms with Crippen molar-refractivity contribution in [2.75, 3.05) is 40.6 Å². The number of benzene rings is 2. The molecule has 0 saturated heterocycles. The van der Waals surface area contributed by atoms with E-state index in [1.165, 1.54) is 17.4 Å². The van der Waals surface area contributed by atoms with Gasteiger partial charge < -0.3 is 33.7 Å². The molecule has 0 radical (unpaired) electrons. The van der Waals surface area contributed by atoms with Gasteiger partial charge in [-0.15, -0.1) is 11.3 Å². The van der Waals surface area contributed by atoms with Crippen molar-refractivity contribution in [3.05, 3.63) is 58.1 Å². The van der Waals surface area contributed by atoms with Crippen molar-refractivity contribution in [1.29, 1.82) is 0 Å². The van der Waals surface area contributed by atoms with Crippen molar-refractivity contribution >= 4 is 24.9 Å². The molecule has 0 spiro atoms. The lowest BCUT2D eigenvalue weighted by molar-refractivity contribution is -0.677. The third-order valence-corrected chi connectivity index (χ3v) is 9.67. The lowest BCUT2D eigenvalue weighted by Gasteiger charge is -2.25. The fourth-order valence-electron chi connectivity index (χ4n) is 4.26. The molecule has 218 valence electrons. The Labute approximate surface area is 239 Å². The lowest BCUT2D eigenvalue weighted by Crippen LogP contribution is -2.85. The van der Waals surface area contributed by atoms with Gasteiger partial charge in [-0.2, -0.15) is 0 Å². The highest BCUT2D eigenvalue weighted by atomic mass is 32.1. The minimum atomic E-state index is -3.72. The van der Waals surface area contributed by atoms with E-state index < -0.39 is 19.3 Å². The SMILES string of the molecule is CCOC(=O)c1sc(-c2ccc(O)c(C([NH2+]CCc3ccc(OC)c(OC)c3)P(=O)(OCC)OCC)c2)nc1C. The van der Waals surface area contributed by atoms with Crippen molar-refractivity contribution in [1.82, 2.24) is 4.98 Å². The standard InChI is InChI=1S/C28H37N2O8PS/c1-7-36-28(32)25-18(4)30-27(40-25)20-11-12-22(31)21(17-20)26(39(33,37-8-2)38-9-3)29-15-14-19-10-13-23(34-5)24(16-19)35-6/h10-13,16-17,26,29,31H,7-9,14-15H2,1-6H3/p+1. The molecule has 0 aliphatic carbocycles. The summed E-state index contributed by atoms with van der Waals surface area (Å²) in [5, 5.41) is 13.4. The number of ether oxygens (including phenoxy) is 3. The lowest BCUT2D eigenvalue weighted by atomic mass is 10.1. The number of quaternary nitrogens is 1. The molecule has 2 aromatic carbocycles. The van der Waals surface area contributed by atoms with Gasteiger partial charge in [-0.25, -0.2) is 9.78 Å². The summed E-state index contributed by atoms with van der Waals surface area (Å²) in [5.74, 6) is -0.0678. The van der Waals surface area contributed by atoms with E-state index in [4.69, 9.17) is 23.3 Å². The Morgan fingerprint density at radius 1 is 1.02 bits per heavy atom. The minimum absolute atomic E-state index is 0.0466. The van der Waals surface area contributed by atoms with Crippen LogP contribution < -0.4 is 14.8 Å². The molecule has 0 bridgehead atoms. The molecule has 1 heterocycles. The van der Waals surface area contributed by atoms with E-state index in [0.717, 1.165) is 5.56 Å². The van der Waals surface area contributed by atoms with Crippen LogP contribution in [-0.4, -0.2) is 56.6 Å². The number of aryl methyl sites for hydroxylation is 1. The molecular formula is C28H38N2O8PS+. The number of carbonyl (C=O) groups is 1. The highest BCUT2D eigenvalue weighted by Crippen LogP contribution is 2.59. The van der Waals surface area contributed by atoms with E-state index >= 15 is 0 Å².